The van der Waals surface area contributed by atoms with Crippen molar-refractivity contribution in [3.63, 3.8) is 0 Å². The van der Waals surface area contributed by atoms with E-state index >= 15 is 0 Å². The summed E-state index contributed by atoms with van der Waals surface area (Å²) in [7, 11) is 0. The number of hydrogen-bond donors (Lipinski definition) is 4. The molecule has 118 heavy (non-hydrogen) atoms. The number of benzene rings is 18. The zero-order valence-electron chi connectivity index (χ0n) is 64.9. The van der Waals surface area contributed by atoms with Gasteiger partial charge in [-0.3, -0.25) is 0 Å². The zero-order valence-corrected chi connectivity index (χ0v) is 65.7. The van der Waals surface area contributed by atoms with Crippen molar-refractivity contribution in [1.82, 2.24) is 9.13 Å². The van der Waals surface area contributed by atoms with E-state index in [1.54, 1.807) is 0 Å². The van der Waals surface area contributed by atoms with Crippen LogP contribution < -0.4 is 26.2 Å². The maximum absolute atomic E-state index is 3.64. The molecule has 0 bridgehead atoms. The molecule has 0 aliphatic carbocycles. The van der Waals surface area contributed by atoms with Crippen LogP contribution in [0.5, 0.6) is 0 Å². The van der Waals surface area contributed by atoms with Gasteiger partial charge in [-0.05, 0) is 227 Å². The SMILES string of the molecule is c1ccc(-c2ccc(Nc3ccc(-c4ccc(N(c5ccccc5)c5ccccc5)cc4)cc3)cc2)cc1.c1ccc(-n2c3ccccc3c3cc(Nc4cccc5ccccc45)ccc32)cc1.c1ccc(Nc2ccc(-c3ccc(-c4ccccc4)s3)cc2)cc1.c1ccc(Nc2ccc3c(c2)c2ccccc2n3-c2ccccc2)cc1. The van der Waals surface area contributed by atoms with Crippen molar-refractivity contribution in [2.75, 3.05) is 26.2 Å². The van der Waals surface area contributed by atoms with Crippen molar-refractivity contribution in [3.05, 3.63) is 479 Å². The molecule has 0 atom stereocenters. The normalized spacial score (nSPS) is 10.9. The number of nitrogens with zero attached hydrogens (tertiary/aromatic N) is 3. The lowest BCUT2D eigenvalue weighted by Crippen LogP contribution is -2.09. The van der Waals surface area contributed by atoms with E-state index in [2.05, 4.69) is 460 Å². The average Bonchev–Trinajstić information content (AvgIpc) is 1.59. The highest BCUT2D eigenvalue weighted by Gasteiger charge is 2.17. The molecule has 3 aromatic heterocycles. The molecular formula is C110H83N7S. The lowest BCUT2D eigenvalue weighted by atomic mass is 10.0. The highest BCUT2D eigenvalue weighted by molar-refractivity contribution is 7.18. The summed E-state index contributed by atoms with van der Waals surface area (Å²) in [6.45, 7) is 0. The highest BCUT2D eigenvalue weighted by Crippen LogP contribution is 2.41. The molecular weight excluding hydrogens is 1450 g/mol. The molecule has 0 unspecified atom stereocenters. The number of anilines is 11. The van der Waals surface area contributed by atoms with E-state index < -0.39 is 0 Å². The number of aromatic nitrogens is 2. The number of fused-ring (bicyclic) bond motifs is 7. The Kier molecular flexibility index (Phi) is 22.1. The molecule has 7 nitrogen and oxygen atoms in total. The third kappa shape index (κ3) is 16.9. The van der Waals surface area contributed by atoms with Gasteiger partial charge in [-0.25, -0.2) is 0 Å². The van der Waals surface area contributed by atoms with Crippen LogP contribution >= 0.6 is 11.3 Å². The van der Waals surface area contributed by atoms with Gasteiger partial charge in [0.2, 0.25) is 0 Å². The quantitative estimate of drug-likeness (QED) is 0.0732. The van der Waals surface area contributed by atoms with E-state index in [1.165, 1.54) is 109 Å². The Balaban J connectivity index is 0.000000110. The molecule has 0 amide bonds. The fraction of sp³-hybridized carbons (Fsp3) is 0. The first-order valence-electron chi connectivity index (χ1n) is 39.9. The molecule has 0 saturated carbocycles. The summed E-state index contributed by atoms with van der Waals surface area (Å²) in [5.41, 5.74) is 26.7. The summed E-state index contributed by atoms with van der Waals surface area (Å²) in [4.78, 5) is 4.87. The van der Waals surface area contributed by atoms with Gasteiger partial charge in [-0.15, -0.1) is 11.3 Å². The van der Waals surface area contributed by atoms with Crippen LogP contribution in [0.3, 0.4) is 0 Å². The first kappa shape index (κ1) is 74.0. The fourth-order valence-electron chi connectivity index (χ4n) is 15.3. The Labute approximate surface area is 692 Å². The maximum atomic E-state index is 3.64. The Morgan fingerprint density at radius 1 is 0.186 bits per heavy atom. The van der Waals surface area contributed by atoms with Gasteiger partial charge in [0, 0.05) is 111 Å². The van der Waals surface area contributed by atoms with Crippen LogP contribution in [0.15, 0.2) is 479 Å². The second-order valence-corrected chi connectivity index (χ2v) is 29.9. The van der Waals surface area contributed by atoms with Gasteiger partial charge in [-0.1, -0.05) is 291 Å². The molecule has 0 saturated heterocycles. The number of hydrogen-bond acceptors (Lipinski definition) is 6. The van der Waals surface area contributed by atoms with Crippen LogP contribution in [0.4, 0.5) is 62.6 Å². The van der Waals surface area contributed by atoms with Crippen LogP contribution in [-0.4, -0.2) is 9.13 Å². The predicted octanol–water partition coefficient (Wildman–Crippen LogP) is 31.3. The van der Waals surface area contributed by atoms with Crippen LogP contribution in [0.2, 0.25) is 0 Å². The number of nitrogens with one attached hydrogen (secondary N) is 4. The molecule has 0 radical (unpaired) electrons. The lowest BCUT2D eigenvalue weighted by molar-refractivity contribution is 1.18. The van der Waals surface area contributed by atoms with E-state index in [1.807, 2.05) is 65.9 Å². The Morgan fingerprint density at radius 3 is 0.941 bits per heavy atom. The van der Waals surface area contributed by atoms with Gasteiger partial charge >= 0.3 is 0 Å². The summed E-state index contributed by atoms with van der Waals surface area (Å²) in [5, 5.41) is 21.6. The third-order valence-corrected chi connectivity index (χ3v) is 22.2. The van der Waals surface area contributed by atoms with E-state index in [0.29, 0.717) is 0 Å². The van der Waals surface area contributed by atoms with Crippen LogP contribution in [0.1, 0.15) is 0 Å². The largest absolute Gasteiger partial charge is 0.356 e. The summed E-state index contributed by atoms with van der Waals surface area (Å²) >= 11 is 1.83. The molecule has 564 valence electrons. The molecule has 0 fully saturated rings. The predicted molar refractivity (Wildman–Crippen MR) is 505 cm³/mol. The summed E-state index contributed by atoms with van der Waals surface area (Å²) in [6.07, 6.45) is 0. The van der Waals surface area contributed by atoms with Gasteiger partial charge in [0.15, 0.2) is 0 Å². The Bertz CT molecular complexity index is 6800. The Hall–Kier alpha value is -15.5. The van der Waals surface area contributed by atoms with Crippen molar-refractivity contribution >= 4 is 128 Å². The standard InChI is InChI=1S/C36H28N2.C28H20N2.C24H18N2.C22H17NS/c1-4-10-28(11-5-1)29-16-22-32(23-17-29)37-33-24-18-30(19-25-33)31-20-26-36(27-21-31)38(34-12-6-2-7-13-34)35-14-8-3-9-15-35;1-2-11-22(12-3-1)30-27-16-7-6-14-24(27)25-19-21(17-18-28(25)30)29-26-15-8-10-20-9-4-5-13-23(20)26;1-3-9-18(10-4-1)25-19-15-16-24-22(17-19)21-13-7-8-14-23(21)26(24)20-11-5-2-6-12-20;1-3-7-17(8-4-1)21-15-16-22(24-21)18-11-13-20(14-12-18)23-19-9-5-2-6-10-19/h1-27,37H;1-19,29H;1-17,25H;1-16,23H. The summed E-state index contributed by atoms with van der Waals surface area (Å²) in [5.74, 6) is 0. The average molecular weight is 1530 g/mol. The van der Waals surface area contributed by atoms with Crippen molar-refractivity contribution in [2.24, 2.45) is 0 Å². The monoisotopic (exact) mass is 1530 g/mol. The molecule has 21 rings (SSSR count). The summed E-state index contributed by atoms with van der Waals surface area (Å²) in [6, 6.07) is 168. The van der Waals surface area contributed by atoms with Crippen molar-refractivity contribution in [3.8, 4) is 54.5 Å². The maximum Gasteiger partial charge on any atom is 0.0542 e. The van der Waals surface area contributed by atoms with Gasteiger partial charge in [0.25, 0.3) is 0 Å². The molecule has 18 aromatic carbocycles. The first-order chi connectivity index (χ1) is 58.5. The van der Waals surface area contributed by atoms with E-state index in [-0.39, 0.29) is 0 Å². The van der Waals surface area contributed by atoms with E-state index in [9.17, 15) is 0 Å². The summed E-state index contributed by atoms with van der Waals surface area (Å²) < 4.78 is 4.67. The number of para-hydroxylation sites is 8. The Morgan fingerprint density at radius 2 is 0.483 bits per heavy atom. The zero-order chi connectivity index (χ0) is 79.0. The minimum absolute atomic E-state index is 1.07. The molecule has 21 aromatic rings. The van der Waals surface area contributed by atoms with Gasteiger partial charge in [0.05, 0.1) is 22.1 Å². The molecule has 8 heteroatoms. The van der Waals surface area contributed by atoms with Crippen molar-refractivity contribution in [1.29, 1.82) is 0 Å². The topological polar surface area (TPSA) is 61.2 Å². The van der Waals surface area contributed by atoms with Gasteiger partial charge in [-0.2, -0.15) is 0 Å². The van der Waals surface area contributed by atoms with Crippen LogP contribution in [0.25, 0.3) is 109 Å². The fourth-order valence-corrected chi connectivity index (χ4v) is 16.4. The molecule has 0 aliphatic heterocycles. The lowest BCUT2D eigenvalue weighted by Gasteiger charge is -2.25. The van der Waals surface area contributed by atoms with Gasteiger partial charge in [0.1, 0.15) is 0 Å². The smallest absolute Gasteiger partial charge is 0.0542 e. The minimum Gasteiger partial charge on any atom is -0.356 e. The van der Waals surface area contributed by atoms with E-state index in [4.69, 9.17) is 0 Å². The highest BCUT2D eigenvalue weighted by atomic mass is 32.1. The second-order valence-electron chi connectivity index (χ2n) is 28.8. The van der Waals surface area contributed by atoms with E-state index in [0.717, 1.165) is 62.6 Å². The van der Waals surface area contributed by atoms with Gasteiger partial charge < -0.3 is 35.3 Å². The van der Waals surface area contributed by atoms with Crippen molar-refractivity contribution in [2.45, 2.75) is 0 Å². The van der Waals surface area contributed by atoms with Crippen LogP contribution in [0, 0.1) is 0 Å². The van der Waals surface area contributed by atoms with Crippen molar-refractivity contribution < 1.29 is 0 Å². The number of rotatable bonds is 17. The van der Waals surface area contributed by atoms with Crippen LogP contribution in [-0.2, 0) is 0 Å². The molecule has 0 spiro atoms. The molecule has 4 N–H and O–H groups in total. The minimum atomic E-state index is 1.07. The molecule has 0 aliphatic rings. The molecule has 3 heterocycles. The first-order valence-corrected chi connectivity index (χ1v) is 40.7. The second kappa shape index (κ2) is 35.3. The number of thiophene rings is 1. The third-order valence-electron chi connectivity index (χ3n) is 21.1.